The van der Waals surface area contributed by atoms with Crippen LogP contribution in [0.3, 0.4) is 0 Å². The molecule has 11 aromatic carbocycles. The second kappa shape index (κ2) is 14.8. The zero-order chi connectivity index (χ0) is 41.0. The van der Waals surface area contributed by atoms with Gasteiger partial charge in [-0.1, -0.05) is 188 Å². The molecule has 1 heterocycles. The van der Waals surface area contributed by atoms with E-state index >= 15 is 0 Å². The van der Waals surface area contributed by atoms with Crippen molar-refractivity contribution in [2.75, 3.05) is 4.90 Å². The maximum atomic E-state index is 7.15. The molecule has 0 atom stereocenters. The smallest absolute Gasteiger partial charge is 0.160 e. The first-order valence-corrected chi connectivity index (χ1v) is 21.2. The van der Waals surface area contributed by atoms with Crippen LogP contribution in [0.1, 0.15) is 0 Å². The van der Waals surface area contributed by atoms with Crippen LogP contribution >= 0.6 is 0 Å². The van der Waals surface area contributed by atoms with Crippen molar-refractivity contribution in [1.82, 2.24) is 0 Å². The molecule has 0 spiro atoms. The van der Waals surface area contributed by atoms with Crippen LogP contribution in [0.4, 0.5) is 17.1 Å². The van der Waals surface area contributed by atoms with Crippen LogP contribution in [-0.4, -0.2) is 0 Å². The summed E-state index contributed by atoms with van der Waals surface area (Å²) in [5.41, 5.74) is 14.2. The maximum absolute atomic E-state index is 7.15. The van der Waals surface area contributed by atoms with E-state index in [9.17, 15) is 0 Å². The lowest BCUT2D eigenvalue weighted by molar-refractivity contribution is 0.670. The molecule has 0 bridgehead atoms. The maximum Gasteiger partial charge on any atom is 0.160 e. The van der Waals surface area contributed by atoms with E-state index in [0.717, 1.165) is 61.1 Å². The van der Waals surface area contributed by atoms with Crippen molar-refractivity contribution in [2.45, 2.75) is 0 Å². The average Bonchev–Trinajstić information content (AvgIpc) is 3.75. The SMILES string of the molecule is c1ccc(-c2ccc(N(c3ccc(-c4ccc5ccc(-c6ccc7ccccc7c6)cc5c4)cc3)c3cc4ccccc4c4c3oc3c(-c5ccccc5)cccc34)cc2)cc1. The molecule has 0 amide bonds. The summed E-state index contributed by atoms with van der Waals surface area (Å²) in [6.07, 6.45) is 0. The van der Waals surface area contributed by atoms with Crippen molar-refractivity contribution >= 4 is 71.3 Å². The van der Waals surface area contributed by atoms with Gasteiger partial charge in [0.15, 0.2) is 5.58 Å². The summed E-state index contributed by atoms with van der Waals surface area (Å²) < 4.78 is 7.15. The van der Waals surface area contributed by atoms with Gasteiger partial charge in [0.05, 0.1) is 5.69 Å². The van der Waals surface area contributed by atoms with Crippen LogP contribution in [0.25, 0.3) is 98.8 Å². The number of anilines is 3. The summed E-state index contributed by atoms with van der Waals surface area (Å²) in [6.45, 7) is 0. The van der Waals surface area contributed by atoms with Gasteiger partial charge in [-0.15, -0.1) is 0 Å². The first kappa shape index (κ1) is 35.7. The second-order valence-electron chi connectivity index (χ2n) is 16.1. The quantitative estimate of drug-likeness (QED) is 0.160. The van der Waals surface area contributed by atoms with Crippen molar-refractivity contribution in [3.8, 4) is 44.5 Å². The van der Waals surface area contributed by atoms with Gasteiger partial charge in [-0.2, -0.15) is 0 Å². The minimum atomic E-state index is 0.857. The summed E-state index contributed by atoms with van der Waals surface area (Å²) in [5.74, 6) is 0. The first-order chi connectivity index (χ1) is 30.7. The van der Waals surface area contributed by atoms with Crippen molar-refractivity contribution < 1.29 is 4.42 Å². The standard InChI is InChI=1S/C60H39NO/c1-3-12-40(13-4-1)42-28-32-52(33-29-42)61(57-39-50-18-9-10-19-54(50)58-56-21-11-20-55(59(56)62-60(57)58)45-15-5-2-6-16-45)53-34-30-43(31-35-53)47-25-23-44-24-27-49(38-51(44)37-47)48-26-22-41-14-7-8-17-46(41)36-48/h1-39H. The lowest BCUT2D eigenvalue weighted by Crippen LogP contribution is -2.10. The van der Waals surface area contributed by atoms with Crippen LogP contribution in [0.15, 0.2) is 241 Å². The molecule has 12 rings (SSSR count). The highest BCUT2D eigenvalue weighted by Crippen LogP contribution is 2.47. The molecule has 0 aliphatic heterocycles. The van der Waals surface area contributed by atoms with Crippen LogP contribution in [-0.2, 0) is 0 Å². The Morgan fingerprint density at radius 2 is 0.742 bits per heavy atom. The van der Waals surface area contributed by atoms with Gasteiger partial charge < -0.3 is 9.32 Å². The Hall–Kier alpha value is -8.20. The van der Waals surface area contributed by atoms with Crippen molar-refractivity contribution in [3.05, 3.63) is 237 Å². The summed E-state index contributed by atoms with van der Waals surface area (Å²) in [6, 6.07) is 85.3. The third-order valence-corrected chi connectivity index (χ3v) is 12.4. The van der Waals surface area contributed by atoms with Crippen LogP contribution in [0.2, 0.25) is 0 Å². The van der Waals surface area contributed by atoms with Gasteiger partial charge >= 0.3 is 0 Å². The van der Waals surface area contributed by atoms with Gasteiger partial charge in [-0.3, -0.25) is 0 Å². The Balaban J connectivity index is 1.00. The Kier molecular flexibility index (Phi) is 8.53. The molecule has 12 aromatic rings. The lowest BCUT2D eigenvalue weighted by Gasteiger charge is -2.26. The Bertz CT molecular complexity index is 3610. The first-order valence-electron chi connectivity index (χ1n) is 21.2. The Labute approximate surface area is 360 Å². The van der Waals surface area contributed by atoms with E-state index in [1.165, 1.54) is 54.7 Å². The monoisotopic (exact) mass is 789 g/mol. The van der Waals surface area contributed by atoms with Crippen molar-refractivity contribution in [2.24, 2.45) is 0 Å². The highest BCUT2D eigenvalue weighted by Gasteiger charge is 2.23. The summed E-state index contributed by atoms with van der Waals surface area (Å²) in [4.78, 5) is 2.36. The summed E-state index contributed by atoms with van der Waals surface area (Å²) in [5, 5.41) is 9.50. The number of fused-ring (bicyclic) bond motifs is 7. The third kappa shape index (κ3) is 6.20. The average molecular weight is 790 g/mol. The predicted molar refractivity (Wildman–Crippen MR) is 263 cm³/mol. The number of hydrogen-bond donors (Lipinski definition) is 0. The van der Waals surface area contributed by atoms with E-state index in [0.29, 0.717) is 0 Å². The zero-order valence-electron chi connectivity index (χ0n) is 33.9. The van der Waals surface area contributed by atoms with Crippen molar-refractivity contribution in [1.29, 1.82) is 0 Å². The van der Waals surface area contributed by atoms with E-state index < -0.39 is 0 Å². The van der Waals surface area contributed by atoms with E-state index in [4.69, 9.17) is 4.42 Å². The zero-order valence-corrected chi connectivity index (χ0v) is 33.9. The molecule has 0 fully saturated rings. The van der Waals surface area contributed by atoms with Gasteiger partial charge in [0.1, 0.15) is 5.58 Å². The summed E-state index contributed by atoms with van der Waals surface area (Å²) >= 11 is 0. The van der Waals surface area contributed by atoms with Gasteiger partial charge in [0.2, 0.25) is 0 Å². The number of benzene rings is 11. The van der Waals surface area contributed by atoms with Crippen LogP contribution in [0, 0.1) is 0 Å². The van der Waals surface area contributed by atoms with Crippen LogP contribution < -0.4 is 4.90 Å². The van der Waals surface area contributed by atoms with E-state index in [1.54, 1.807) is 0 Å². The fourth-order valence-electron chi connectivity index (χ4n) is 9.28. The molecule has 0 saturated carbocycles. The molecule has 2 heteroatoms. The normalized spacial score (nSPS) is 11.5. The number of rotatable bonds is 7. The predicted octanol–water partition coefficient (Wildman–Crippen LogP) is 17.2. The molecule has 62 heavy (non-hydrogen) atoms. The molecule has 0 unspecified atom stereocenters. The highest BCUT2D eigenvalue weighted by molar-refractivity contribution is 6.24. The molecule has 1 aromatic heterocycles. The van der Waals surface area contributed by atoms with Crippen molar-refractivity contribution in [3.63, 3.8) is 0 Å². The van der Waals surface area contributed by atoms with E-state index in [-0.39, 0.29) is 0 Å². The number of hydrogen-bond acceptors (Lipinski definition) is 2. The Morgan fingerprint density at radius 3 is 1.40 bits per heavy atom. The van der Waals surface area contributed by atoms with Gasteiger partial charge in [-0.05, 0) is 120 Å². The highest BCUT2D eigenvalue weighted by atomic mass is 16.3. The number of nitrogens with zero attached hydrogens (tertiary/aromatic N) is 1. The number of para-hydroxylation sites is 1. The molecule has 0 aliphatic rings. The van der Waals surface area contributed by atoms with Crippen LogP contribution in [0.5, 0.6) is 0 Å². The molecule has 290 valence electrons. The minimum Gasteiger partial charge on any atom is -0.453 e. The molecule has 0 saturated heterocycles. The van der Waals surface area contributed by atoms with Gasteiger partial charge in [0.25, 0.3) is 0 Å². The van der Waals surface area contributed by atoms with E-state index in [2.05, 4.69) is 241 Å². The second-order valence-corrected chi connectivity index (χ2v) is 16.1. The Morgan fingerprint density at radius 1 is 0.274 bits per heavy atom. The minimum absolute atomic E-state index is 0.857. The fraction of sp³-hybridized carbons (Fsp3) is 0. The third-order valence-electron chi connectivity index (χ3n) is 12.4. The molecular weight excluding hydrogens is 751 g/mol. The number of furan rings is 1. The fourth-order valence-corrected chi connectivity index (χ4v) is 9.28. The largest absolute Gasteiger partial charge is 0.453 e. The van der Waals surface area contributed by atoms with Gasteiger partial charge in [0, 0.05) is 27.7 Å². The van der Waals surface area contributed by atoms with E-state index in [1.807, 2.05) is 0 Å². The molecule has 0 radical (unpaired) electrons. The molecule has 0 N–H and O–H groups in total. The summed E-state index contributed by atoms with van der Waals surface area (Å²) in [7, 11) is 0. The molecular formula is C60H39NO. The van der Waals surface area contributed by atoms with Gasteiger partial charge in [-0.25, -0.2) is 0 Å². The molecule has 2 nitrogen and oxygen atoms in total. The topological polar surface area (TPSA) is 16.4 Å². The lowest BCUT2D eigenvalue weighted by atomic mass is 9.96. The molecule has 0 aliphatic carbocycles.